The number of pyridine rings is 2. The lowest BCUT2D eigenvalue weighted by Gasteiger charge is -2.16. The highest BCUT2D eigenvalue weighted by Crippen LogP contribution is 2.28. The van der Waals surface area contributed by atoms with Crippen LogP contribution in [0.1, 0.15) is 5.69 Å². The molecular formula is C20H17F3N6O2. The fourth-order valence-electron chi connectivity index (χ4n) is 3.10. The summed E-state index contributed by atoms with van der Waals surface area (Å²) < 4.78 is 40.6. The standard InChI is InChI=1S/C20H17F3N6O2/c1-11-3-4-12(6-24-11)15-5-14-18(17(27-15)13-7-26-28(2)8-13)25-10-29(19(14)31)9-16(30)20(21,22)23/h3-8,10,16,30H,9H2,1-2H3/t16-/m1/s1. The number of halogens is 3. The van der Waals surface area contributed by atoms with Crippen LogP contribution in [0, 0.1) is 6.92 Å². The van der Waals surface area contributed by atoms with Crippen molar-refractivity contribution in [2.75, 3.05) is 0 Å². The quantitative estimate of drug-likeness (QED) is 0.534. The number of nitrogens with zero attached hydrogens (tertiary/aromatic N) is 6. The number of rotatable bonds is 4. The highest BCUT2D eigenvalue weighted by molar-refractivity contribution is 5.93. The highest BCUT2D eigenvalue weighted by atomic mass is 19.4. The molecule has 0 unspecified atom stereocenters. The van der Waals surface area contributed by atoms with Gasteiger partial charge in [0.2, 0.25) is 0 Å². The van der Waals surface area contributed by atoms with E-state index in [9.17, 15) is 23.1 Å². The molecule has 160 valence electrons. The third-order valence-corrected chi connectivity index (χ3v) is 4.74. The first-order chi connectivity index (χ1) is 14.6. The monoisotopic (exact) mass is 430 g/mol. The predicted molar refractivity (Wildman–Crippen MR) is 106 cm³/mol. The Morgan fingerprint density at radius 2 is 1.94 bits per heavy atom. The Kier molecular flexibility index (Phi) is 5.05. The molecule has 11 heteroatoms. The molecule has 1 N–H and O–H groups in total. The number of aliphatic hydroxyl groups excluding tert-OH is 1. The number of hydrogen-bond acceptors (Lipinski definition) is 6. The van der Waals surface area contributed by atoms with Crippen LogP contribution in [0.15, 0.2) is 47.9 Å². The topological polar surface area (TPSA) is 98.7 Å². The zero-order valence-corrected chi connectivity index (χ0v) is 16.5. The second-order valence-electron chi connectivity index (χ2n) is 7.10. The van der Waals surface area contributed by atoms with E-state index in [-0.39, 0.29) is 10.9 Å². The van der Waals surface area contributed by atoms with Crippen molar-refractivity contribution in [2.45, 2.75) is 25.7 Å². The molecule has 0 spiro atoms. The summed E-state index contributed by atoms with van der Waals surface area (Å²) in [6.07, 6.45) is -1.72. The summed E-state index contributed by atoms with van der Waals surface area (Å²) in [5.41, 5.74) is 2.29. The molecule has 4 heterocycles. The van der Waals surface area contributed by atoms with Crippen molar-refractivity contribution in [3.63, 3.8) is 0 Å². The molecule has 0 bridgehead atoms. The van der Waals surface area contributed by atoms with Crippen molar-refractivity contribution in [1.82, 2.24) is 29.3 Å². The second-order valence-corrected chi connectivity index (χ2v) is 7.10. The van der Waals surface area contributed by atoms with E-state index in [1.807, 2.05) is 6.92 Å². The molecule has 4 aromatic rings. The van der Waals surface area contributed by atoms with E-state index in [1.54, 1.807) is 42.5 Å². The molecular weight excluding hydrogens is 413 g/mol. The van der Waals surface area contributed by atoms with Crippen LogP contribution in [0.2, 0.25) is 0 Å². The molecule has 4 rings (SSSR count). The van der Waals surface area contributed by atoms with Crippen molar-refractivity contribution in [3.8, 4) is 22.5 Å². The lowest BCUT2D eigenvalue weighted by molar-refractivity contribution is -0.207. The van der Waals surface area contributed by atoms with Crippen LogP contribution < -0.4 is 5.56 Å². The fourth-order valence-corrected chi connectivity index (χ4v) is 3.10. The van der Waals surface area contributed by atoms with E-state index >= 15 is 0 Å². The first kappa shape index (κ1) is 20.7. The van der Waals surface area contributed by atoms with E-state index in [0.717, 1.165) is 16.6 Å². The van der Waals surface area contributed by atoms with Crippen molar-refractivity contribution in [2.24, 2.45) is 7.05 Å². The van der Waals surface area contributed by atoms with Crippen LogP contribution in [-0.4, -0.2) is 46.7 Å². The molecule has 0 radical (unpaired) electrons. The number of aliphatic hydroxyl groups is 1. The fraction of sp³-hybridized carbons (Fsp3) is 0.250. The number of alkyl halides is 3. The van der Waals surface area contributed by atoms with E-state index in [2.05, 4.69) is 20.1 Å². The molecule has 0 fully saturated rings. The molecule has 0 aromatic carbocycles. The van der Waals surface area contributed by atoms with Gasteiger partial charge in [-0.25, -0.2) is 9.97 Å². The molecule has 31 heavy (non-hydrogen) atoms. The molecule has 1 atom stereocenters. The normalized spacial score (nSPS) is 13.0. The smallest absolute Gasteiger partial charge is 0.382 e. The largest absolute Gasteiger partial charge is 0.416 e. The maximum Gasteiger partial charge on any atom is 0.416 e. The first-order valence-electron chi connectivity index (χ1n) is 9.20. The molecule has 0 aliphatic heterocycles. The average molecular weight is 430 g/mol. The van der Waals surface area contributed by atoms with Gasteiger partial charge in [0.25, 0.3) is 5.56 Å². The Balaban J connectivity index is 1.94. The summed E-state index contributed by atoms with van der Waals surface area (Å²) in [6, 6.07) is 5.03. The van der Waals surface area contributed by atoms with Crippen LogP contribution in [0.4, 0.5) is 13.2 Å². The summed E-state index contributed by atoms with van der Waals surface area (Å²) in [5.74, 6) is 0. The van der Waals surface area contributed by atoms with Crippen molar-refractivity contribution in [1.29, 1.82) is 0 Å². The van der Waals surface area contributed by atoms with E-state index in [0.29, 0.717) is 22.5 Å². The minimum atomic E-state index is -4.85. The molecule has 0 aliphatic rings. The zero-order valence-electron chi connectivity index (χ0n) is 16.5. The molecule has 8 nitrogen and oxygen atoms in total. The van der Waals surface area contributed by atoms with Gasteiger partial charge in [-0.05, 0) is 25.1 Å². The molecule has 0 saturated carbocycles. The third kappa shape index (κ3) is 4.04. The molecule has 0 saturated heterocycles. The Morgan fingerprint density at radius 3 is 2.55 bits per heavy atom. The number of fused-ring (bicyclic) bond motifs is 1. The van der Waals surface area contributed by atoms with Gasteiger partial charge in [0, 0.05) is 36.3 Å². The Bertz CT molecular complexity index is 1310. The van der Waals surface area contributed by atoms with Gasteiger partial charge in [-0.3, -0.25) is 19.0 Å². The summed E-state index contributed by atoms with van der Waals surface area (Å²) in [5, 5.41) is 13.6. The lowest BCUT2D eigenvalue weighted by Crippen LogP contribution is -2.36. The van der Waals surface area contributed by atoms with Crippen molar-refractivity contribution in [3.05, 3.63) is 59.2 Å². The molecule has 0 amide bonds. The van der Waals surface area contributed by atoms with Gasteiger partial charge >= 0.3 is 6.18 Å². The maximum atomic E-state index is 13.0. The van der Waals surface area contributed by atoms with Gasteiger partial charge in [-0.15, -0.1) is 0 Å². The summed E-state index contributed by atoms with van der Waals surface area (Å²) >= 11 is 0. The van der Waals surface area contributed by atoms with E-state index in [4.69, 9.17) is 0 Å². The Labute approximate surface area is 173 Å². The molecule has 0 aliphatic carbocycles. The highest BCUT2D eigenvalue weighted by Gasteiger charge is 2.38. The zero-order chi connectivity index (χ0) is 22.3. The Hall–Kier alpha value is -3.60. The van der Waals surface area contributed by atoms with Gasteiger partial charge in [0.15, 0.2) is 6.10 Å². The number of hydrogen-bond donors (Lipinski definition) is 1. The second kappa shape index (κ2) is 7.58. The summed E-state index contributed by atoms with van der Waals surface area (Å²) in [4.78, 5) is 26.0. The average Bonchev–Trinajstić information content (AvgIpc) is 3.15. The first-order valence-corrected chi connectivity index (χ1v) is 9.20. The third-order valence-electron chi connectivity index (χ3n) is 4.74. The van der Waals surface area contributed by atoms with Crippen LogP contribution in [0.25, 0.3) is 33.4 Å². The maximum absolute atomic E-state index is 13.0. The van der Waals surface area contributed by atoms with Gasteiger partial charge in [-0.1, -0.05) is 0 Å². The van der Waals surface area contributed by atoms with Crippen LogP contribution in [0.5, 0.6) is 0 Å². The van der Waals surface area contributed by atoms with Gasteiger partial charge < -0.3 is 5.11 Å². The van der Waals surface area contributed by atoms with Crippen molar-refractivity contribution < 1.29 is 18.3 Å². The number of aromatic nitrogens is 6. The van der Waals surface area contributed by atoms with Crippen LogP contribution in [-0.2, 0) is 13.6 Å². The minimum Gasteiger partial charge on any atom is -0.382 e. The van der Waals surface area contributed by atoms with Crippen LogP contribution >= 0.6 is 0 Å². The van der Waals surface area contributed by atoms with Gasteiger partial charge in [-0.2, -0.15) is 18.3 Å². The lowest BCUT2D eigenvalue weighted by atomic mass is 10.1. The molecule has 4 aromatic heterocycles. The minimum absolute atomic E-state index is 0.0707. The van der Waals surface area contributed by atoms with E-state index in [1.165, 1.54) is 6.07 Å². The van der Waals surface area contributed by atoms with Gasteiger partial charge in [0.05, 0.1) is 30.1 Å². The Morgan fingerprint density at radius 1 is 1.16 bits per heavy atom. The SMILES string of the molecule is Cc1ccc(-c2cc3c(=O)n(C[C@@H](O)C(F)(F)F)cnc3c(-c3cnn(C)c3)n2)cn1. The van der Waals surface area contributed by atoms with E-state index < -0.39 is 24.4 Å². The summed E-state index contributed by atoms with van der Waals surface area (Å²) in [6.45, 7) is 0.866. The van der Waals surface area contributed by atoms with Crippen molar-refractivity contribution >= 4 is 10.9 Å². The predicted octanol–water partition coefficient (Wildman–Crippen LogP) is 2.49. The van der Waals surface area contributed by atoms with Gasteiger partial charge in [0.1, 0.15) is 11.2 Å². The number of aryl methyl sites for hydroxylation is 2. The summed E-state index contributed by atoms with van der Waals surface area (Å²) in [7, 11) is 1.72. The van der Waals surface area contributed by atoms with Crippen LogP contribution in [0.3, 0.4) is 0 Å².